The second-order valence-corrected chi connectivity index (χ2v) is 8.35. The number of rotatable bonds is 5. The fourth-order valence-electron chi connectivity index (χ4n) is 4.18. The van der Waals surface area contributed by atoms with Crippen molar-refractivity contribution in [2.45, 2.75) is 51.2 Å². The normalized spacial score (nSPS) is 22.3. The molecule has 2 unspecified atom stereocenters. The molecule has 168 valence electrons. The van der Waals surface area contributed by atoms with Crippen molar-refractivity contribution >= 4 is 0 Å². The number of ether oxygens (including phenoxy) is 2. The maximum absolute atomic E-state index is 14.5. The van der Waals surface area contributed by atoms with E-state index in [1.165, 1.54) is 19.3 Å². The lowest BCUT2D eigenvalue weighted by Gasteiger charge is -2.38. The smallest absolute Gasteiger partial charge is 0.423 e. The van der Waals surface area contributed by atoms with Crippen LogP contribution in [0.3, 0.4) is 0 Å². The molecule has 2 nitrogen and oxygen atoms in total. The van der Waals surface area contributed by atoms with E-state index in [1.807, 2.05) is 0 Å². The molecule has 8 heteroatoms. The Labute approximate surface area is 176 Å². The van der Waals surface area contributed by atoms with Crippen LogP contribution in [0.5, 0.6) is 5.75 Å². The van der Waals surface area contributed by atoms with Crippen LogP contribution in [0, 0.1) is 42.0 Å². The summed E-state index contributed by atoms with van der Waals surface area (Å²) in [6.07, 6.45) is 0.145. The molecule has 0 radical (unpaired) electrons. The molecule has 1 heterocycles. The first-order chi connectivity index (χ1) is 14.7. The van der Waals surface area contributed by atoms with Crippen LogP contribution >= 0.6 is 0 Å². The summed E-state index contributed by atoms with van der Waals surface area (Å²) >= 11 is 0. The SMILES string of the molecule is Cc1c(F)cc(C(F)(F)Oc2c(F)cc(C3CCC(C4CCC4)CO3)cc2F)cc1F. The van der Waals surface area contributed by atoms with E-state index >= 15 is 0 Å². The number of hydrogen-bond acceptors (Lipinski definition) is 2. The van der Waals surface area contributed by atoms with Gasteiger partial charge in [-0.3, -0.25) is 0 Å². The number of halogens is 6. The highest BCUT2D eigenvalue weighted by molar-refractivity contribution is 5.34. The van der Waals surface area contributed by atoms with Crippen LogP contribution in [-0.2, 0) is 10.8 Å². The topological polar surface area (TPSA) is 18.5 Å². The Kier molecular flexibility index (Phi) is 5.94. The van der Waals surface area contributed by atoms with Gasteiger partial charge in [-0.25, -0.2) is 17.6 Å². The molecule has 2 aromatic carbocycles. The molecule has 0 N–H and O–H groups in total. The van der Waals surface area contributed by atoms with E-state index < -0.39 is 52.4 Å². The highest BCUT2D eigenvalue weighted by Crippen LogP contribution is 2.42. The maximum Gasteiger partial charge on any atom is 0.427 e. The Bertz CT molecular complexity index is 919. The van der Waals surface area contributed by atoms with Crippen molar-refractivity contribution in [1.82, 2.24) is 0 Å². The van der Waals surface area contributed by atoms with Gasteiger partial charge < -0.3 is 9.47 Å². The van der Waals surface area contributed by atoms with E-state index in [4.69, 9.17) is 4.74 Å². The van der Waals surface area contributed by atoms with Gasteiger partial charge in [0.25, 0.3) is 0 Å². The first kappa shape index (κ1) is 22.0. The summed E-state index contributed by atoms with van der Waals surface area (Å²) in [6, 6.07) is 2.55. The zero-order valence-electron chi connectivity index (χ0n) is 16.9. The van der Waals surface area contributed by atoms with E-state index in [1.54, 1.807) is 0 Å². The molecule has 0 amide bonds. The lowest BCUT2D eigenvalue weighted by atomic mass is 9.73. The Hall–Kier alpha value is -2.22. The van der Waals surface area contributed by atoms with Crippen LogP contribution < -0.4 is 4.74 Å². The number of hydrogen-bond donors (Lipinski definition) is 0. The van der Waals surface area contributed by atoms with Crippen molar-refractivity contribution in [3.05, 3.63) is 64.2 Å². The minimum absolute atomic E-state index is 0.199. The molecule has 0 spiro atoms. The van der Waals surface area contributed by atoms with Gasteiger partial charge in [-0.05, 0) is 61.4 Å². The van der Waals surface area contributed by atoms with Gasteiger partial charge in [-0.2, -0.15) is 8.78 Å². The average molecular weight is 444 g/mol. The van der Waals surface area contributed by atoms with Gasteiger partial charge in [-0.1, -0.05) is 19.3 Å². The van der Waals surface area contributed by atoms with Crippen molar-refractivity contribution in [3.63, 3.8) is 0 Å². The maximum atomic E-state index is 14.5. The molecule has 2 atom stereocenters. The second kappa shape index (κ2) is 8.37. The molecule has 0 bridgehead atoms. The molecule has 4 rings (SSSR count). The highest BCUT2D eigenvalue weighted by Gasteiger charge is 2.39. The van der Waals surface area contributed by atoms with Crippen molar-refractivity contribution in [1.29, 1.82) is 0 Å². The Balaban J connectivity index is 1.51. The van der Waals surface area contributed by atoms with Gasteiger partial charge >= 0.3 is 6.11 Å². The fraction of sp³-hybridized carbons (Fsp3) is 0.478. The lowest BCUT2D eigenvalue weighted by Crippen LogP contribution is -2.30. The molecule has 31 heavy (non-hydrogen) atoms. The monoisotopic (exact) mass is 444 g/mol. The molecule has 0 aromatic heterocycles. The third-order valence-electron chi connectivity index (χ3n) is 6.37. The quantitative estimate of drug-likeness (QED) is 0.465. The zero-order valence-corrected chi connectivity index (χ0v) is 16.9. The van der Waals surface area contributed by atoms with E-state index in [9.17, 15) is 26.3 Å². The van der Waals surface area contributed by atoms with Gasteiger partial charge in [0.15, 0.2) is 17.4 Å². The molecule has 2 fully saturated rings. The third-order valence-corrected chi connectivity index (χ3v) is 6.37. The molecular weight excluding hydrogens is 422 g/mol. The van der Waals surface area contributed by atoms with E-state index in [-0.39, 0.29) is 5.56 Å². The summed E-state index contributed by atoms with van der Waals surface area (Å²) in [4.78, 5) is 0. The molecule has 2 aliphatic rings. The summed E-state index contributed by atoms with van der Waals surface area (Å²) in [5.41, 5.74) is -1.44. The van der Waals surface area contributed by atoms with Crippen molar-refractivity contribution in [2.24, 2.45) is 11.8 Å². The van der Waals surface area contributed by atoms with Gasteiger partial charge in [0.05, 0.1) is 18.3 Å². The fourth-order valence-corrected chi connectivity index (χ4v) is 4.18. The van der Waals surface area contributed by atoms with Crippen LogP contribution in [0.2, 0.25) is 0 Å². The summed E-state index contributed by atoms with van der Waals surface area (Å²) in [7, 11) is 0. The Morgan fingerprint density at radius 2 is 1.45 bits per heavy atom. The Morgan fingerprint density at radius 1 is 0.839 bits per heavy atom. The highest BCUT2D eigenvalue weighted by atomic mass is 19.3. The van der Waals surface area contributed by atoms with Crippen molar-refractivity contribution in [3.8, 4) is 5.75 Å². The lowest BCUT2D eigenvalue weighted by molar-refractivity contribution is -0.188. The first-order valence-corrected chi connectivity index (χ1v) is 10.3. The molecule has 1 saturated carbocycles. The standard InChI is InChI=1S/C23H22F6O2/c1-12-17(24)9-16(10-18(12)25)23(28,29)31-22-19(26)7-15(8-20(22)27)21-6-5-14(11-30-21)13-3-2-4-13/h7-10,13-14,21H,2-6,11H2,1H3. The van der Waals surface area contributed by atoms with E-state index in [2.05, 4.69) is 4.74 Å². The predicted molar refractivity (Wildman–Crippen MR) is 101 cm³/mol. The van der Waals surface area contributed by atoms with E-state index in [0.717, 1.165) is 25.5 Å². The van der Waals surface area contributed by atoms with Crippen LogP contribution in [0.4, 0.5) is 26.3 Å². The van der Waals surface area contributed by atoms with Crippen LogP contribution in [0.25, 0.3) is 0 Å². The Morgan fingerprint density at radius 3 is 1.94 bits per heavy atom. The van der Waals surface area contributed by atoms with E-state index in [0.29, 0.717) is 37.0 Å². The third kappa shape index (κ3) is 4.40. The summed E-state index contributed by atoms with van der Waals surface area (Å²) < 4.78 is 95.1. The van der Waals surface area contributed by atoms with Gasteiger partial charge in [0, 0.05) is 5.56 Å². The van der Waals surface area contributed by atoms with Crippen molar-refractivity contribution in [2.75, 3.05) is 6.61 Å². The van der Waals surface area contributed by atoms with Crippen LogP contribution in [0.1, 0.15) is 54.9 Å². The summed E-state index contributed by atoms with van der Waals surface area (Å²) in [5, 5.41) is 0. The number of alkyl halides is 2. The molecule has 1 aliphatic heterocycles. The summed E-state index contributed by atoms with van der Waals surface area (Å²) in [6.45, 7) is 1.58. The molecule has 2 aromatic rings. The summed E-state index contributed by atoms with van der Waals surface area (Å²) in [5.74, 6) is -5.35. The van der Waals surface area contributed by atoms with Gasteiger partial charge in [-0.15, -0.1) is 0 Å². The largest absolute Gasteiger partial charge is 0.427 e. The van der Waals surface area contributed by atoms with Gasteiger partial charge in [0.2, 0.25) is 0 Å². The van der Waals surface area contributed by atoms with Crippen LogP contribution in [-0.4, -0.2) is 6.61 Å². The minimum Gasteiger partial charge on any atom is -0.423 e. The molecule has 1 aliphatic carbocycles. The molecule has 1 saturated heterocycles. The second-order valence-electron chi connectivity index (χ2n) is 8.35. The molecular formula is C23H22F6O2. The first-order valence-electron chi connectivity index (χ1n) is 10.3. The zero-order chi connectivity index (χ0) is 22.3. The minimum atomic E-state index is -4.35. The predicted octanol–water partition coefficient (Wildman–Crippen LogP) is 6.95. The van der Waals surface area contributed by atoms with Crippen LogP contribution in [0.15, 0.2) is 24.3 Å². The van der Waals surface area contributed by atoms with Crippen molar-refractivity contribution < 1.29 is 35.8 Å². The number of benzene rings is 2. The van der Waals surface area contributed by atoms with Gasteiger partial charge in [0.1, 0.15) is 11.6 Å². The average Bonchev–Trinajstić information content (AvgIpc) is 2.67.